The highest BCUT2D eigenvalue weighted by Crippen LogP contribution is 2.10. The Balaban J connectivity index is 2.56. The molecule has 0 radical (unpaired) electrons. The number of morpholine rings is 1. The zero-order valence-electron chi connectivity index (χ0n) is 5.97. The van der Waals surface area contributed by atoms with E-state index in [1.807, 2.05) is 7.05 Å². The summed E-state index contributed by atoms with van der Waals surface area (Å²) in [4.78, 5) is 10.8. The van der Waals surface area contributed by atoms with Crippen molar-refractivity contribution in [1.29, 1.82) is 0 Å². The zero-order valence-corrected chi connectivity index (χ0v) is 6.73. The van der Waals surface area contributed by atoms with Gasteiger partial charge in [-0.05, 0) is 0 Å². The molecule has 0 aromatic rings. The van der Waals surface area contributed by atoms with Gasteiger partial charge in [-0.15, -0.1) is 0 Å². The van der Waals surface area contributed by atoms with Gasteiger partial charge >= 0.3 is 5.37 Å². The number of quaternary nitrogens is 1. The second kappa shape index (κ2) is 2.86. The van der Waals surface area contributed by atoms with Crippen molar-refractivity contribution in [2.24, 2.45) is 0 Å². The fourth-order valence-corrected chi connectivity index (χ4v) is 1.09. The Hall–Kier alpha value is -0.120. The third-order valence-corrected chi connectivity index (χ3v) is 2.29. The first-order valence-corrected chi connectivity index (χ1v) is 3.65. The molecular weight excluding hydrogens is 154 g/mol. The summed E-state index contributed by atoms with van der Waals surface area (Å²) in [7, 11) is 1.83. The average Bonchev–Trinajstić information content (AvgIpc) is 1.89. The fourth-order valence-electron chi connectivity index (χ4n) is 0.922. The molecule has 3 nitrogen and oxygen atoms in total. The Morgan fingerprint density at radius 1 is 1.50 bits per heavy atom. The molecule has 1 saturated heterocycles. The topological polar surface area (TPSA) is 26.3 Å². The molecule has 0 unspecified atom stereocenters. The molecule has 0 N–H and O–H groups in total. The van der Waals surface area contributed by atoms with Crippen LogP contribution in [0.15, 0.2) is 0 Å². The number of amides is 1. The van der Waals surface area contributed by atoms with Gasteiger partial charge < -0.3 is 4.74 Å². The lowest BCUT2D eigenvalue weighted by atomic mass is 10.4. The lowest BCUT2D eigenvalue weighted by Crippen LogP contribution is -2.53. The van der Waals surface area contributed by atoms with Gasteiger partial charge in [-0.1, -0.05) is 0 Å². The van der Waals surface area contributed by atoms with E-state index in [0.717, 1.165) is 0 Å². The maximum Gasteiger partial charge on any atom is 0.411 e. The van der Waals surface area contributed by atoms with E-state index in [2.05, 4.69) is 0 Å². The van der Waals surface area contributed by atoms with Crippen LogP contribution in [0.5, 0.6) is 0 Å². The van der Waals surface area contributed by atoms with E-state index in [-0.39, 0.29) is 5.37 Å². The van der Waals surface area contributed by atoms with Gasteiger partial charge in [0.25, 0.3) is 0 Å². The molecule has 1 amide bonds. The standard InChI is InChI=1S/C6H11ClNO2/c1-8(6(7)9)2-4-10-5-3-8/h2-5H2,1H3/q+1. The summed E-state index contributed by atoms with van der Waals surface area (Å²) in [6.07, 6.45) is 0. The van der Waals surface area contributed by atoms with Crippen LogP contribution in [0, 0.1) is 0 Å². The van der Waals surface area contributed by atoms with Gasteiger partial charge in [-0.25, -0.2) is 9.28 Å². The van der Waals surface area contributed by atoms with Gasteiger partial charge in [0.15, 0.2) is 0 Å². The van der Waals surface area contributed by atoms with Crippen molar-refractivity contribution in [3.63, 3.8) is 0 Å². The van der Waals surface area contributed by atoms with Gasteiger partial charge in [0.1, 0.15) is 13.1 Å². The first-order valence-electron chi connectivity index (χ1n) is 3.27. The van der Waals surface area contributed by atoms with Crippen molar-refractivity contribution in [1.82, 2.24) is 0 Å². The molecule has 0 spiro atoms. The quantitative estimate of drug-likeness (QED) is 0.301. The van der Waals surface area contributed by atoms with E-state index < -0.39 is 0 Å². The summed E-state index contributed by atoms with van der Waals surface area (Å²) in [6, 6.07) is 0. The van der Waals surface area contributed by atoms with Crippen molar-refractivity contribution >= 4 is 17.0 Å². The average molecular weight is 165 g/mol. The maximum atomic E-state index is 10.8. The number of hydrogen-bond acceptors (Lipinski definition) is 2. The Morgan fingerprint density at radius 3 is 2.30 bits per heavy atom. The minimum Gasteiger partial charge on any atom is -0.370 e. The molecule has 0 atom stereocenters. The fraction of sp³-hybridized carbons (Fsp3) is 0.833. The number of likely N-dealkylation sites (N-methyl/N-ethyl adjacent to an activating group) is 1. The zero-order chi connectivity index (χ0) is 7.61. The van der Waals surface area contributed by atoms with E-state index in [1.54, 1.807) is 0 Å². The minimum absolute atomic E-state index is 0.289. The number of carbonyl (C=O) groups excluding carboxylic acids is 1. The highest BCUT2D eigenvalue weighted by atomic mass is 35.5. The van der Waals surface area contributed by atoms with E-state index in [9.17, 15) is 4.79 Å². The second-order valence-corrected chi connectivity index (χ2v) is 3.03. The van der Waals surface area contributed by atoms with E-state index in [0.29, 0.717) is 30.8 Å². The molecule has 1 rings (SSSR count). The molecule has 1 aliphatic heterocycles. The van der Waals surface area contributed by atoms with Crippen LogP contribution in [0.25, 0.3) is 0 Å². The van der Waals surface area contributed by atoms with Gasteiger partial charge in [-0.3, -0.25) is 0 Å². The number of hydrogen-bond donors (Lipinski definition) is 0. The number of rotatable bonds is 0. The van der Waals surface area contributed by atoms with E-state index in [1.165, 1.54) is 0 Å². The number of nitrogens with zero attached hydrogens (tertiary/aromatic N) is 1. The van der Waals surface area contributed by atoms with Crippen LogP contribution < -0.4 is 0 Å². The first-order chi connectivity index (χ1) is 4.65. The molecule has 4 heteroatoms. The van der Waals surface area contributed by atoms with Crippen LogP contribution in [0.4, 0.5) is 4.79 Å². The second-order valence-electron chi connectivity index (χ2n) is 2.71. The summed E-state index contributed by atoms with van der Waals surface area (Å²) < 4.78 is 5.40. The monoisotopic (exact) mass is 164 g/mol. The Kier molecular flexibility index (Phi) is 2.28. The summed E-state index contributed by atoms with van der Waals surface area (Å²) in [5.74, 6) is 0. The molecule has 0 aliphatic carbocycles. The van der Waals surface area contributed by atoms with Crippen LogP contribution in [-0.4, -0.2) is 43.2 Å². The molecule has 1 aliphatic rings. The third-order valence-electron chi connectivity index (χ3n) is 1.88. The van der Waals surface area contributed by atoms with Gasteiger partial charge in [-0.2, -0.15) is 0 Å². The van der Waals surface area contributed by atoms with Gasteiger partial charge in [0.2, 0.25) is 0 Å². The predicted octanol–water partition coefficient (Wildman–Crippen LogP) is 0.822. The Morgan fingerprint density at radius 2 is 2.00 bits per heavy atom. The Labute approximate surface area is 65.1 Å². The van der Waals surface area contributed by atoms with Crippen LogP contribution in [-0.2, 0) is 4.74 Å². The number of halogens is 1. The van der Waals surface area contributed by atoms with Crippen LogP contribution >= 0.6 is 11.6 Å². The minimum atomic E-state index is -0.289. The summed E-state index contributed by atoms with van der Waals surface area (Å²) in [5.41, 5.74) is 0. The van der Waals surface area contributed by atoms with Crippen molar-refractivity contribution < 1.29 is 14.0 Å². The van der Waals surface area contributed by atoms with E-state index >= 15 is 0 Å². The largest absolute Gasteiger partial charge is 0.411 e. The molecule has 1 heterocycles. The molecular formula is C6H11ClNO2+. The van der Waals surface area contributed by atoms with Gasteiger partial charge in [0, 0.05) is 11.6 Å². The maximum absolute atomic E-state index is 10.8. The molecule has 0 saturated carbocycles. The molecule has 10 heavy (non-hydrogen) atoms. The predicted molar refractivity (Wildman–Crippen MR) is 38.0 cm³/mol. The van der Waals surface area contributed by atoms with Crippen LogP contribution in [0.2, 0.25) is 0 Å². The number of carbonyl (C=O) groups is 1. The molecule has 0 aromatic carbocycles. The summed E-state index contributed by atoms with van der Waals surface area (Å²) in [5, 5.41) is -0.289. The van der Waals surface area contributed by atoms with Crippen molar-refractivity contribution in [2.75, 3.05) is 33.4 Å². The molecule has 1 fully saturated rings. The number of ether oxygens (including phenoxy) is 1. The third kappa shape index (κ3) is 1.48. The molecule has 0 aromatic heterocycles. The van der Waals surface area contributed by atoms with Crippen molar-refractivity contribution in [3.05, 3.63) is 0 Å². The van der Waals surface area contributed by atoms with Crippen molar-refractivity contribution in [2.45, 2.75) is 0 Å². The SMILES string of the molecule is C[N+]1(C(=O)Cl)CCOCC1. The molecule has 58 valence electrons. The summed E-state index contributed by atoms with van der Waals surface area (Å²) in [6.45, 7) is 2.66. The summed E-state index contributed by atoms with van der Waals surface area (Å²) >= 11 is 5.38. The lowest BCUT2D eigenvalue weighted by molar-refractivity contribution is -0.833. The lowest BCUT2D eigenvalue weighted by Gasteiger charge is -2.32. The smallest absolute Gasteiger partial charge is 0.370 e. The van der Waals surface area contributed by atoms with Crippen molar-refractivity contribution in [3.8, 4) is 0 Å². The highest BCUT2D eigenvalue weighted by Gasteiger charge is 2.32. The Bertz CT molecular complexity index is 143. The van der Waals surface area contributed by atoms with E-state index in [4.69, 9.17) is 16.3 Å². The van der Waals surface area contributed by atoms with Crippen LogP contribution in [0.1, 0.15) is 0 Å². The molecule has 0 bridgehead atoms. The van der Waals surface area contributed by atoms with Crippen LogP contribution in [0.3, 0.4) is 0 Å². The normalized spacial score (nSPS) is 24.2. The first kappa shape index (κ1) is 7.98. The highest BCUT2D eigenvalue weighted by molar-refractivity contribution is 6.60. The van der Waals surface area contributed by atoms with Gasteiger partial charge in [0.05, 0.1) is 20.3 Å².